The molecule has 2 aliphatic heterocycles. The number of carbonyl (C=O) groups is 1. The van der Waals surface area contributed by atoms with E-state index in [0.717, 1.165) is 16.7 Å². The Morgan fingerprint density at radius 1 is 0.708 bits per heavy atom. The maximum absolute atomic E-state index is 12.2. The zero-order valence-electron chi connectivity index (χ0n) is 27.6. The summed E-state index contributed by atoms with van der Waals surface area (Å²) >= 11 is 0. The third kappa shape index (κ3) is 10.1. The van der Waals surface area contributed by atoms with E-state index in [1.54, 1.807) is 0 Å². The molecule has 9 atom stereocenters. The average Bonchev–Trinajstić information content (AvgIpc) is 3.10. The molecule has 11 heteroatoms. The second-order valence-corrected chi connectivity index (χ2v) is 11.8. The molecule has 0 amide bonds. The third-order valence-corrected chi connectivity index (χ3v) is 8.29. The van der Waals surface area contributed by atoms with Crippen LogP contribution in [0, 0.1) is 0 Å². The van der Waals surface area contributed by atoms with E-state index < -0.39 is 61.3 Å². The number of hydrogen-bond donors (Lipinski definition) is 1. The number of carbonyl (C=O) groups excluding carboxylic acids is 1. The van der Waals surface area contributed by atoms with Crippen molar-refractivity contribution in [1.82, 2.24) is 0 Å². The van der Waals surface area contributed by atoms with E-state index in [4.69, 9.17) is 42.6 Å². The van der Waals surface area contributed by atoms with Gasteiger partial charge in [-0.25, -0.2) is 0 Å². The average molecular weight is 667 g/mol. The first-order chi connectivity index (χ1) is 23.4. The molecule has 0 bridgehead atoms. The van der Waals surface area contributed by atoms with Gasteiger partial charge in [0.05, 0.1) is 39.1 Å². The predicted octanol–water partition coefficient (Wildman–Crippen LogP) is 4.18. The molecule has 0 spiro atoms. The predicted molar refractivity (Wildman–Crippen MR) is 173 cm³/mol. The highest BCUT2D eigenvalue weighted by Gasteiger charge is 2.51. The van der Waals surface area contributed by atoms with Crippen molar-refractivity contribution < 1.29 is 52.5 Å². The third-order valence-electron chi connectivity index (χ3n) is 8.29. The van der Waals surface area contributed by atoms with Crippen LogP contribution in [0.5, 0.6) is 0 Å². The highest BCUT2D eigenvalue weighted by atomic mass is 16.7. The van der Waals surface area contributed by atoms with Crippen LogP contribution >= 0.6 is 0 Å². The first kappa shape index (κ1) is 36.1. The lowest BCUT2D eigenvalue weighted by Crippen LogP contribution is -2.63. The van der Waals surface area contributed by atoms with Crippen molar-refractivity contribution in [2.24, 2.45) is 0 Å². The Morgan fingerprint density at radius 2 is 1.27 bits per heavy atom. The summed E-state index contributed by atoms with van der Waals surface area (Å²) in [5, 5.41) is 11.1. The largest absolute Gasteiger partial charge is 0.457 e. The lowest BCUT2D eigenvalue weighted by atomic mass is 9.97. The molecule has 0 radical (unpaired) electrons. The second kappa shape index (κ2) is 18.5. The van der Waals surface area contributed by atoms with Crippen LogP contribution in [0.3, 0.4) is 0 Å². The minimum atomic E-state index is -1.46. The number of rotatable bonds is 16. The van der Waals surface area contributed by atoms with Crippen LogP contribution in [-0.2, 0) is 67.2 Å². The zero-order valence-corrected chi connectivity index (χ0v) is 27.6. The Bertz CT molecular complexity index is 1350. The molecule has 260 valence electrons. The summed E-state index contributed by atoms with van der Waals surface area (Å²) in [7, 11) is 2.98. The molecule has 2 heterocycles. The molecule has 0 unspecified atom stereocenters. The molecule has 3 aromatic carbocycles. The maximum Gasteiger partial charge on any atom is 0.303 e. The fraction of sp³-hybridized carbons (Fsp3) is 0.486. The molecule has 0 aliphatic carbocycles. The van der Waals surface area contributed by atoms with Crippen molar-refractivity contribution in [2.75, 3.05) is 27.4 Å². The topological polar surface area (TPSA) is 120 Å². The second-order valence-electron chi connectivity index (χ2n) is 11.8. The summed E-state index contributed by atoms with van der Waals surface area (Å²) in [4.78, 5) is 12.2. The van der Waals surface area contributed by atoms with E-state index in [-0.39, 0.29) is 19.6 Å². The summed E-state index contributed by atoms with van der Waals surface area (Å²) < 4.78 is 54.6. The fourth-order valence-electron chi connectivity index (χ4n) is 6.03. The monoisotopic (exact) mass is 666 g/mol. The molecule has 2 aliphatic rings. The molecular formula is C37H46O11. The van der Waals surface area contributed by atoms with E-state index in [1.807, 2.05) is 91.0 Å². The normalized spacial score (nSPS) is 29.0. The molecule has 0 aromatic heterocycles. The van der Waals surface area contributed by atoms with Gasteiger partial charge in [-0.1, -0.05) is 91.0 Å². The summed E-state index contributed by atoms with van der Waals surface area (Å²) in [6, 6.07) is 29.6. The minimum Gasteiger partial charge on any atom is -0.457 e. The van der Waals surface area contributed by atoms with Crippen LogP contribution < -0.4 is 0 Å². The molecule has 3 aromatic rings. The fourth-order valence-corrected chi connectivity index (χ4v) is 6.03. The van der Waals surface area contributed by atoms with E-state index in [1.165, 1.54) is 21.1 Å². The Kier molecular flexibility index (Phi) is 13.9. The Balaban J connectivity index is 1.39. The van der Waals surface area contributed by atoms with Crippen LogP contribution in [0.25, 0.3) is 0 Å². The van der Waals surface area contributed by atoms with Crippen molar-refractivity contribution in [3.8, 4) is 0 Å². The number of benzene rings is 3. The molecule has 2 saturated heterocycles. The SMILES string of the molecule is COC[C@H]1O[C@H](O)[C@H](O[C@@H]2C[C@@H](OCc3ccccc3)[C@H](OCc3ccccc3)[C@@H](COCc3ccccc3)O2)[C@@H](OC(C)=O)[C@@H]1OC. The van der Waals surface area contributed by atoms with Crippen molar-refractivity contribution >= 4 is 5.97 Å². The van der Waals surface area contributed by atoms with Gasteiger partial charge in [-0.3, -0.25) is 4.79 Å². The quantitative estimate of drug-likeness (QED) is 0.222. The molecular weight excluding hydrogens is 620 g/mol. The van der Waals surface area contributed by atoms with Gasteiger partial charge in [0.1, 0.15) is 24.4 Å². The first-order valence-electron chi connectivity index (χ1n) is 16.2. The number of esters is 1. The number of ether oxygens (including phenoxy) is 9. The molecule has 48 heavy (non-hydrogen) atoms. The van der Waals surface area contributed by atoms with Gasteiger partial charge >= 0.3 is 5.97 Å². The van der Waals surface area contributed by atoms with Crippen molar-refractivity contribution in [2.45, 2.75) is 88.5 Å². The van der Waals surface area contributed by atoms with Gasteiger partial charge < -0.3 is 47.7 Å². The van der Waals surface area contributed by atoms with Crippen LogP contribution in [0.4, 0.5) is 0 Å². The number of methoxy groups -OCH3 is 2. The first-order valence-corrected chi connectivity index (χ1v) is 16.2. The minimum absolute atomic E-state index is 0.108. The van der Waals surface area contributed by atoms with Crippen LogP contribution in [0.2, 0.25) is 0 Å². The Morgan fingerprint density at radius 3 is 1.83 bits per heavy atom. The van der Waals surface area contributed by atoms with Crippen LogP contribution in [-0.4, -0.2) is 93.8 Å². The van der Waals surface area contributed by atoms with Gasteiger partial charge in [0.25, 0.3) is 0 Å². The van der Waals surface area contributed by atoms with Crippen molar-refractivity contribution in [1.29, 1.82) is 0 Å². The number of aliphatic hydroxyl groups excluding tert-OH is 1. The summed E-state index contributed by atoms with van der Waals surface area (Å²) in [5.74, 6) is -0.559. The highest BCUT2D eigenvalue weighted by Crippen LogP contribution is 2.33. The van der Waals surface area contributed by atoms with E-state index in [9.17, 15) is 9.90 Å². The van der Waals surface area contributed by atoms with Gasteiger partial charge in [-0.2, -0.15) is 0 Å². The van der Waals surface area contributed by atoms with Crippen molar-refractivity contribution in [3.05, 3.63) is 108 Å². The molecule has 11 nitrogen and oxygen atoms in total. The lowest BCUT2D eigenvalue weighted by Gasteiger charge is -2.46. The maximum atomic E-state index is 12.2. The van der Waals surface area contributed by atoms with Crippen LogP contribution in [0.15, 0.2) is 91.0 Å². The zero-order chi connectivity index (χ0) is 33.7. The smallest absolute Gasteiger partial charge is 0.303 e. The van der Waals surface area contributed by atoms with Gasteiger partial charge in [0, 0.05) is 27.6 Å². The van der Waals surface area contributed by atoms with Gasteiger partial charge in [-0.15, -0.1) is 0 Å². The molecule has 0 saturated carbocycles. The van der Waals surface area contributed by atoms with Gasteiger partial charge in [0.2, 0.25) is 0 Å². The standard InChI is InChI=1S/C37H46O11/c1-25(38)45-35-34(41-3)30(23-40-2)47-37(39)36(35)48-32-19-29(43-21-27-15-9-5-10-16-27)33(44-22-28-17-11-6-12-18-28)31(46-32)24-42-20-26-13-7-4-8-14-26/h4-18,29-37,39H,19-24H2,1-3H3/t29-,30-,31-,32-,33+,34-,35+,36-,37+/m1/s1. The van der Waals surface area contributed by atoms with Crippen LogP contribution in [0.1, 0.15) is 30.0 Å². The molecule has 1 N–H and O–H groups in total. The molecule has 5 rings (SSSR count). The van der Waals surface area contributed by atoms with E-state index in [0.29, 0.717) is 19.8 Å². The Labute approximate surface area is 281 Å². The van der Waals surface area contributed by atoms with Crippen molar-refractivity contribution in [3.63, 3.8) is 0 Å². The summed E-state index contributed by atoms with van der Waals surface area (Å²) in [6.45, 7) is 2.60. The van der Waals surface area contributed by atoms with Gasteiger partial charge in [0.15, 0.2) is 24.8 Å². The lowest BCUT2D eigenvalue weighted by molar-refractivity contribution is -0.350. The van der Waals surface area contributed by atoms with E-state index in [2.05, 4.69) is 0 Å². The highest BCUT2D eigenvalue weighted by molar-refractivity contribution is 5.66. The summed E-state index contributed by atoms with van der Waals surface area (Å²) in [6.07, 6.45) is -7.40. The molecule has 2 fully saturated rings. The number of hydrogen-bond acceptors (Lipinski definition) is 11. The Hall–Kier alpha value is -3.23. The van der Waals surface area contributed by atoms with E-state index >= 15 is 0 Å². The summed E-state index contributed by atoms with van der Waals surface area (Å²) in [5.41, 5.74) is 3.02. The number of aliphatic hydroxyl groups is 1. The van der Waals surface area contributed by atoms with Gasteiger partial charge in [-0.05, 0) is 16.7 Å².